The van der Waals surface area contributed by atoms with Gasteiger partial charge in [0.05, 0.1) is 22.1 Å². The molecule has 58 heavy (non-hydrogen) atoms. The molecule has 0 aliphatic heterocycles. The van der Waals surface area contributed by atoms with Gasteiger partial charge in [-0.25, -0.2) is 0 Å². The molecular weight excluding hydrogens is 709 g/mol. The molecule has 0 amide bonds. The van der Waals surface area contributed by atoms with Crippen molar-refractivity contribution >= 4 is 87.5 Å². The smallest absolute Gasteiger partial charge is 0.143 e. The van der Waals surface area contributed by atoms with Gasteiger partial charge < -0.3 is 18.0 Å². The van der Waals surface area contributed by atoms with Crippen molar-refractivity contribution in [1.82, 2.24) is 9.13 Å². The Kier molecular flexibility index (Phi) is 6.41. The summed E-state index contributed by atoms with van der Waals surface area (Å²) in [6, 6.07) is 69.6. The van der Waals surface area contributed by atoms with Crippen LogP contribution in [-0.4, -0.2) is 9.13 Å². The highest BCUT2D eigenvalue weighted by Gasteiger charge is 2.19. The van der Waals surface area contributed by atoms with Crippen molar-refractivity contribution in [2.45, 2.75) is 0 Å². The van der Waals surface area contributed by atoms with E-state index in [1.54, 1.807) is 0 Å². The second-order valence-electron chi connectivity index (χ2n) is 15.3. The predicted octanol–water partition coefficient (Wildman–Crippen LogP) is 15.0. The average molecular weight is 741 g/mol. The molecule has 0 spiro atoms. The largest absolute Gasteiger partial charge is 0.456 e. The van der Waals surface area contributed by atoms with E-state index in [2.05, 4.69) is 191 Å². The van der Waals surface area contributed by atoms with Gasteiger partial charge >= 0.3 is 0 Å². The molecule has 0 aliphatic rings. The van der Waals surface area contributed by atoms with Crippen molar-refractivity contribution < 1.29 is 8.83 Å². The van der Waals surface area contributed by atoms with Crippen LogP contribution < -0.4 is 0 Å². The third-order valence-electron chi connectivity index (χ3n) is 12.1. The molecule has 4 nitrogen and oxygen atoms in total. The first kappa shape index (κ1) is 31.4. The molecular formula is C54H32N2O2. The first-order valence-corrected chi connectivity index (χ1v) is 19.7. The molecule has 270 valence electrons. The Balaban J connectivity index is 0.985. The maximum atomic E-state index is 6.46. The number of para-hydroxylation sites is 5. The Bertz CT molecular complexity index is 3800. The number of nitrogens with zero attached hydrogens (tertiary/aromatic N) is 2. The summed E-state index contributed by atoms with van der Waals surface area (Å²) in [5.74, 6) is 0. The van der Waals surface area contributed by atoms with E-state index in [-0.39, 0.29) is 0 Å². The van der Waals surface area contributed by atoms with Crippen molar-refractivity contribution in [2.75, 3.05) is 0 Å². The maximum absolute atomic E-state index is 6.46. The van der Waals surface area contributed by atoms with Crippen LogP contribution in [0.1, 0.15) is 0 Å². The Morgan fingerprint density at radius 2 is 0.845 bits per heavy atom. The van der Waals surface area contributed by atoms with Crippen molar-refractivity contribution in [3.8, 4) is 33.6 Å². The Morgan fingerprint density at radius 1 is 0.276 bits per heavy atom. The number of rotatable bonds is 4. The molecule has 0 aliphatic carbocycles. The minimum atomic E-state index is 0.862. The van der Waals surface area contributed by atoms with E-state index >= 15 is 0 Å². The predicted molar refractivity (Wildman–Crippen MR) is 241 cm³/mol. The molecule has 13 rings (SSSR count). The molecule has 13 aromatic rings. The fourth-order valence-electron chi connectivity index (χ4n) is 9.48. The zero-order valence-electron chi connectivity index (χ0n) is 31.2. The Hall–Kier alpha value is -7.82. The summed E-state index contributed by atoms with van der Waals surface area (Å²) in [6.07, 6.45) is 0. The van der Waals surface area contributed by atoms with Gasteiger partial charge in [-0.15, -0.1) is 0 Å². The molecule has 0 saturated carbocycles. The lowest BCUT2D eigenvalue weighted by atomic mass is 10.00. The number of fused-ring (bicyclic) bond motifs is 12. The van der Waals surface area contributed by atoms with E-state index in [4.69, 9.17) is 8.83 Å². The second-order valence-corrected chi connectivity index (χ2v) is 15.3. The number of benzene rings is 9. The number of aromatic nitrogens is 2. The van der Waals surface area contributed by atoms with Crippen LogP contribution in [0, 0.1) is 0 Å². The highest BCUT2D eigenvalue weighted by Crippen LogP contribution is 2.41. The van der Waals surface area contributed by atoms with Gasteiger partial charge in [-0.2, -0.15) is 0 Å². The quantitative estimate of drug-likeness (QED) is 0.180. The zero-order valence-corrected chi connectivity index (χ0v) is 31.2. The molecule has 4 heteroatoms. The molecule has 0 saturated heterocycles. The standard InChI is InChI=1S/C54H32N2O2/c1-2-11-36(12-3-1)55-48-19-8-5-14-40(48)44-29-33(22-26-49(44)55)34-21-25-41-39-13-4-7-18-47(39)56(50(41)31-34)37-24-28-53-46(32-37)45-30-35(23-27-52(45)57-53)38-16-10-17-43-42-15-6-9-20-51(42)58-54(38)43/h1-32H. The van der Waals surface area contributed by atoms with Crippen molar-refractivity contribution in [2.24, 2.45) is 0 Å². The van der Waals surface area contributed by atoms with E-state index in [0.29, 0.717) is 0 Å². The first-order valence-electron chi connectivity index (χ1n) is 19.7. The molecule has 0 atom stereocenters. The molecule has 0 fully saturated rings. The normalized spacial score (nSPS) is 12.1. The van der Waals surface area contributed by atoms with E-state index in [1.807, 2.05) is 12.1 Å². The molecule has 0 N–H and O–H groups in total. The van der Waals surface area contributed by atoms with Crippen LogP contribution in [0.5, 0.6) is 0 Å². The summed E-state index contributed by atoms with van der Waals surface area (Å²) in [7, 11) is 0. The summed E-state index contributed by atoms with van der Waals surface area (Å²) < 4.78 is 17.7. The van der Waals surface area contributed by atoms with E-state index in [0.717, 1.165) is 71.9 Å². The third kappa shape index (κ3) is 4.45. The summed E-state index contributed by atoms with van der Waals surface area (Å²) in [5, 5.41) is 9.34. The van der Waals surface area contributed by atoms with Crippen LogP contribution in [0.15, 0.2) is 203 Å². The molecule has 4 aromatic heterocycles. The van der Waals surface area contributed by atoms with Gasteiger partial charge in [-0.3, -0.25) is 0 Å². The van der Waals surface area contributed by atoms with Gasteiger partial charge in [0.15, 0.2) is 0 Å². The SMILES string of the molecule is c1ccc(-n2c3ccccc3c3cc(-c4ccc5c6ccccc6n(-c6ccc7oc8ccc(-c9cccc%10c9oc9ccccc9%10)cc8c7c6)c5c4)ccc32)cc1. The molecule has 0 unspecified atom stereocenters. The van der Waals surface area contributed by atoms with Crippen LogP contribution in [0.3, 0.4) is 0 Å². The van der Waals surface area contributed by atoms with Crippen LogP contribution in [0.25, 0.3) is 121 Å². The topological polar surface area (TPSA) is 36.1 Å². The average Bonchev–Trinajstić information content (AvgIpc) is 4.03. The highest BCUT2D eigenvalue weighted by atomic mass is 16.3. The monoisotopic (exact) mass is 740 g/mol. The maximum Gasteiger partial charge on any atom is 0.143 e. The van der Waals surface area contributed by atoms with Crippen LogP contribution >= 0.6 is 0 Å². The van der Waals surface area contributed by atoms with Crippen molar-refractivity contribution in [3.05, 3.63) is 194 Å². The number of furan rings is 2. The van der Waals surface area contributed by atoms with Crippen LogP contribution in [0.2, 0.25) is 0 Å². The number of hydrogen-bond acceptors (Lipinski definition) is 2. The lowest BCUT2D eigenvalue weighted by Crippen LogP contribution is -1.94. The third-order valence-corrected chi connectivity index (χ3v) is 12.1. The Morgan fingerprint density at radius 3 is 1.69 bits per heavy atom. The second kappa shape index (κ2) is 11.8. The number of hydrogen-bond donors (Lipinski definition) is 0. The summed E-state index contributed by atoms with van der Waals surface area (Å²) in [6.45, 7) is 0. The van der Waals surface area contributed by atoms with E-state index < -0.39 is 0 Å². The van der Waals surface area contributed by atoms with Crippen molar-refractivity contribution in [1.29, 1.82) is 0 Å². The van der Waals surface area contributed by atoms with Gasteiger partial charge in [0.1, 0.15) is 22.3 Å². The lowest BCUT2D eigenvalue weighted by molar-refractivity contribution is 0.668. The molecule has 4 heterocycles. The van der Waals surface area contributed by atoms with Gasteiger partial charge in [0, 0.05) is 60.0 Å². The van der Waals surface area contributed by atoms with Gasteiger partial charge in [-0.1, -0.05) is 115 Å². The minimum absolute atomic E-state index is 0.862. The molecule has 0 bridgehead atoms. The Labute approximate surface area is 332 Å². The fourth-order valence-corrected chi connectivity index (χ4v) is 9.48. The fraction of sp³-hybridized carbons (Fsp3) is 0. The van der Waals surface area contributed by atoms with Gasteiger partial charge in [0.25, 0.3) is 0 Å². The van der Waals surface area contributed by atoms with Gasteiger partial charge in [-0.05, 0) is 95.6 Å². The summed E-state index contributed by atoms with van der Waals surface area (Å²) in [4.78, 5) is 0. The zero-order chi connectivity index (χ0) is 37.9. The summed E-state index contributed by atoms with van der Waals surface area (Å²) >= 11 is 0. The minimum Gasteiger partial charge on any atom is -0.456 e. The van der Waals surface area contributed by atoms with Crippen LogP contribution in [-0.2, 0) is 0 Å². The van der Waals surface area contributed by atoms with E-state index in [9.17, 15) is 0 Å². The molecule has 0 radical (unpaired) electrons. The highest BCUT2D eigenvalue weighted by molar-refractivity contribution is 6.14. The first-order chi connectivity index (χ1) is 28.7. The van der Waals surface area contributed by atoms with E-state index in [1.165, 1.54) is 49.2 Å². The van der Waals surface area contributed by atoms with Gasteiger partial charge in [0.2, 0.25) is 0 Å². The summed E-state index contributed by atoms with van der Waals surface area (Å²) in [5.41, 5.74) is 15.0. The lowest BCUT2D eigenvalue weighted by Gasteiger charge is -2.10. The van der Waals surface area contributed by atoms with Crippen molar-refractivity contribution in [3.63, 3.8) is 0 Å². The van der Waals surface area contributed by atoms with Crippen LogP contribution in [0.4, 0.5) is 0 Å². The molecule has 9 aromatic carbocycles.